The third-order valence-corrected chi connectivity index (χ3v) is 6.45. The normalized spacial score (nSPS) is 16.2. The van der Waals surface area contributed by atoms with Gasteiger partial charge in [0.1, 0.15) is 28.7 Å². The molecule has 0 bridgehead atoms. The van der Waals surface area contributed by atoms with E-state index >= 15 is 0 Å². The predicted octanol–water partition coefficient (Wildman–Crippen LogP) is 4.35. The van der Waals surface area contributed by atoms with E-state index in [-0.39, 0.29) is 11.9 Å². The number of benzene rings is 1. The fourth-order valence-corrected chi connectivity index (χ4v) is 4.71. The number of carbonyl (C=O) groups is 1. The Morgan fingerprint density at radius 1 is 1.18 bits per heavy atom. The van der Waals surface area contributed by atoms with Crippen molar-refractivity contribution in [3.05, 3.63) is 71.9 Å². The Kier molecular flexibility index (Phi) is 5.98. The molecule has 3 N–H and O–H groups in total. The number of carbonyl (C=O) groups excluding carboxylic acids is 1. The van der Waals surface area contributed by atoms with Gasteiger partial charge in [0.15, 0.2) is 0 Å². The number of nitrogen functional groups attached to an aromatic ring is 1. The van der Waals surface area contributed by atoms with Crippen LogP contribution in [0.4, 0.5) is 11.6 Å². The molecule has 1 aromatic carbocycles. The summed E-state index contributed by atoms with van der Waals surface area (Å²) >= 11 is 0. The van der Waals surface area contributed by atoms with Crippen LogP contribution in [0.1, 0.15) is 54.0 Å². The van der Waals surface area contributed by atoms with Crippen LogP contribution in [-0.2, 0) is 6.42 Å². The number of likely N-dealkylation sites (tertiary alicyclic amines) is 1. The number of nitrogens with one attached hydrogen (secondary N) is 1. The lowest BCUT2D eigenvalue weighted by Crippen LogP contribution is -2.19. The van der Waals surface area contributed by atoms with Crippen LogP contribution in [0.25, 0.3) is 16.8 Å². The Bertz CT molecular complexity index is 1330. The SMILES string of the molecule is CCCc1ccnc(NC(=O)c2ccc(-c3nc([C@@H]4CCCN4C)n4ccnc(N)c34)cc2)c1. The molecule has 1 aliphatic rings. The number of amides is 1. The number of aryl methyl sites for hydroxylation is 1. The molecular formula is C26H29N7O. The topological polar surface area (TPSA) is 101 Å². The quantitative estimate of drug-likeness (QED) is 0.448. The summed E-state index contributed by atoms with van der Waals surface area (Å²) in [5.41, 5.74) is 10.5. The van der Waals surface area contributed by atoms with Gasteiger partial charge < -0.3 is 11.1 Å². The average molecular weight is 456 g/mol. The van der Waals surface area contributed by atoms with E-state index in [1.807, 2.05) is 30.5 Å². The van der Waals surface area contributed by atoms with E-state index in [0.717, 1.165) is 60.4 Å². The molecule has 174 valence electrons. The standard InChI is InChI=1S/C26H29N7O/c1-3-5-17-11-12-28-21(16-17)30-26(34)19-9-7-18(8-10-19)22-23-24(27)29-13-15-33(23)25(31-22)20-6-4-14-32(20)2/h7-13,15-16,20H,3-6,14H2,1-2H3,(H2,27,29)(H,28,30,34)/t20-/m0/s1. The van der Waals surface area contributed by atoms with Crippen molar-refractivity contribution in [3.8, 4) is 11.3 Å². The van der Waals surface area contributed by atoms with Gasteiger partial charge in [0.2, 0.25) is 0 Å². The maximum absolute atomic E-state index is 12.8. The molecule has 8 nitrogen and oxygen atoms in total. The molecule has 1 fully saturated rings. The zero-order valence-corrected chi connectivity index (χ0v) is 19.5. The molecule has 0 radical (unpaired) electrons. The lowest BCUT2D eigenvalue weighted by Gasteiger charge is -2.18. The summed E-state index contributed by atoms with van der Waals surface area (Å²) in [6.07, 6.45) is 9.56. The predicted molar refractivity (Wildman–Crippen MR) is 134 cm³/mol. The molecule has 0 unspecified atom stereocenters. The Morgan fingerprint density at radius 3 is 2.74 bits per heavy atom. The second-order valence-electron chi connectivity index (χ2n) is 8.82. The molecule has 1 aliphatic heterocycles. The van der Waals surface area contributed by atoms with Crippen LogP contribution in [0, 0.1) is 0 Å². The highest BCUT2D eigenvalue weighted by Gasteiger charge is 2.28. The van der Waals surface area contributed by atoms with E-state index in [1.54, 1.807) is 24.5 Å². The van der Waals surface area contributed by atoms with Gasteiger partial charge in [-0.15, -0.1) is 0 Å². The molecule has 1 amide bonds. The Balaban J connectivity index is 1.44. The molecule has 4 heterocycles. The van der Waals surface area contributed by atoms with Crippen LogP contribution in [0.2, 0.25) is 0 Å². The zero-order valence-electron chi connectivity index (χ0n) is 19.5. The first-order valence-corrected chi connectivity index (χ1v) is 11.7. The minimum absolute atomic E-state index is 0.197. The van der Waals surface area contributed by atoms with Crippen LogP contribution in [0.5, 0.6) is 0 Å². The summed E-state index contributed by atoms with van der Waals surface area (Å²) in [4.78, 5) is 28.7. The molecule has 0 saturated carbocycles. The first kappa shape index (κ1) is 22.0. The third-order valence-electron chi connectivity index (χ3n) is 6.45. The maximum Gasteiger partial charge on any atom is 0.256 e. The molecule has 34 heavy (non-hydrogen) atoms. The van der Waals surface area contributed by atoms with Crippen molar-refractivity contribution in [2.24, 2.45) is 0 Å². The number of aromatic nitrogens is 4. The number of nitrogens with zero attached hydrogens (tertiary/aromatic N) is 5. The largest absolute Gasteiger partial charge is 0.382 e. The van der Waals surface area contributed by atoms with Crippen molar-refractivity contribution < 1.29 is 4.79 Å². The number of nitrogens with two attached hydrogens (primary N) is 1. The second kappa shape index (κ2) is 9.23. The van der Waals surface area contributed by atoms with Gasteiger partial charge in [0.05, 0.1) is 6.04 Å². The summed E-state index contributed by atoms with van der Waals surface area (Å²) in [6.45, 7) is 3.18. The highest BCUT2D eigenvalue weighted by Crippen LogP contribution is 2.35. The van der Waals surface area contributed by atoms with Gasteiger partial charge in [0.25, 0.3) is 5.91 Å². The molecule has 1 atom stereocenters. The molecule has 4 aromatic rings. The molecule has 0 aliphatic carbocycles. The highest BCUT2D eigenvalue weighted by molar-refractivity contribution is 6.04. The molecular weight excluding hydrogens is 426 g/mol. The van der Waals surface area contributed by atoms with E-state index < -0.39 is 0 Å². The van der Waals surface area contributed by atoms with E-state index in [4.69, 9.17) is 10.7 Å². The summed E-state index contributed by atoms with van der Waals surface area (Å²) < 4.78 is 2.06. The molecule has 1 saturated heterocycles. The monoisotopic (exact) mass is 455 g/mol. The molecule has 3 aromatic heterocycles. The van der Waals surface area contributed by atoms with E-state index in [0.29, 0.717) is 17.2 Å². The smallest absolute Gasteiger partial charge is 0.256 e. The van der Waals surface area contributed by atoms with Gasteiger partial charge >= 0.3 is 0 Å². The number of hydrogen-bond acceptors (Lipinski definition) is 6. The number of anilines is 2. The van der Waals surface area contributed by atoms with Crippen LogP contribution < -0.4 is 11.1 Å². The van der Waals surface area contributed by atoms with Crippen molar-refractivity contribution in [1.29, 1.82) is 0 Å². The minimum atomic E-state index is -0.197. The number of imidazole rings is 1. The van der Waals surface area contributed by atoms with Crippen LogP contribution in [0.15, 0.2) is 55.0 Å². The lowest BCUT2D eigenvalue weighted by molar-refractivity contribution is 0.102. The number of fused-ring (bicyclic) bond motifs is 1. The number of pyridine rings is 1. The lowest BCUT2D eigenvalue weighted by atomic mass is 10.1. The van der Waals surface area contributed by atoms with Crippen molar-refractivity contribution >= 4 is 23.1 Å². The fraction of sp³-hybridized carbons (Fsp3) is 0.308. The Labute approximate surface area is 198 Å². The van der Waals surface area contributed by atoms with Gasteiger partial charge in [-0.05, 0) is 62.7 Å². The van der Waals surface area contributed by atoms with Crippen molar-refractivity contribution in [2.45, 2.75) is 38.6 Å². The second-order valence-corrected chi connectivity index (χ2v) is 8.82. The Morgan fingerprint density at radius 2 is 2.00 bits per heavy atom. The highest BCUT2D eigenvalue weighted by atomic mass is 16.1. The van der Waals surface area contributed by atoms with Crippen LogP contribution in [-0.4, -0.2) is 43.8 Å². The van der Waals surface area contributed by atoms with E-state index in [1.165, 1.54) is 0 Å². The zero-order chi connectivity index (χ0) is 23.7. The minimum Gasteiger partial charge on any atom is -0.382 e. The summed E-state index contributed by atoms with van der Waals surface area (Å²) in [5, 5.41) is 2.90. The maximum atomic E-state index is 12.8. The molecule has 8 heteroatoms. The average Bonchev–Trinajstić information content (AvgIpc) is 3.43. The summed E-state index contributed by atoms with van der Waals surface area (Å²) in [6, 6.07) is 11.6. The van der Waals surface area contributed by atoms with Gasteiger partial charge in [-0.25, -0.2) is 15.0 Å². The van der Waals surface area contributed by atoms with Crippen LogP contribution in [0.3, 0.4) is 0 Å². The van der Waals surface area contributed by atoms with Gasteiger partial charge in [-0.3, -0.25) is 14.1 Å². The third kappa shape index (κ3) is 4.12. The van der Waals surface area contributed by atoms with E-state index in [9.17, 15) is 4.79 Å². The first-order valence-electron chi connectivity index (χ1n) is 11.7. The molecule has 5 rings (SSSR count). The van der Waals surface area contributed by atoms with Gasteiger partial charge in [-0.1, -0.05) is 25.5 Å². The Hall–Kier alpha value is -3.78. The number of rotatable bonds is 6. The fourth-order valence-electron chi connectivity index (χ4n) is 4.71. The van der Waals surface area contributed by atoms with Gasteiger partial charge in [-0.2, -0.15) is 0 Å². The van der Waals surface area contributed by atoms with Crippen molar-refractivity contribution in [1.82, 2.24) is 24.3 Å². The summed E-state index contributed by atoms with van der Waals surface area (Å²) in [5.74, 6) is 1.77. The molecule has 0 spiro atoms. The van der Waals surface area contributed by atoms with Crippen LogP contribution >= 0.6 is 0 Å². The first-order chi connectivity index (χ1) is 16.5. The van der Waals surface area contributed by atoms with E-state index in [2.05, 4.69) is 38.6 Å². The van der Waals surface area contributed by atoms with Crippen molar-refractivity contribution in [2.75, 3.05) is 24.6 Å². The summed E-state index contributed by atoms with van der Waals surface area (Å²) in [7, 11) is 2.13. The van der Waals surface area contributed by atoms with Gasteiger partial charge in [0, 0.05) is 29.7 Å². The van der Waals surface area contributed by atoms with Crippen molar-refractivity contribution in [3.63, 3.8) is 0 Å². The number of hydrogen-bond donors (Lipinski definition) is 2.